The summed E-state index contributed by atoms with van der Waals surface area (Å²) in [6, 6.07) is 7.59. The van der Waals surface area contributed by atoms with Crippen molar-refractivity contribution >= 4 is 0 Å². The van der Waals surface area contributed by atoms with Crippen molar-refractivity contribution in [3.63, 3.8) is 0 Å². The molecule has 0 unspecified atom stereocenters. The molecule has 0 amide bonds. The van der Waals surface area contributed by atoms with Gasteiger partial charge in [0.2, 0.25) is 0 Å². The van der Waals surface area contributed by atoms with Crippen molar-refractivity contribution in [1.82, 2.24) is 0 Å². The standard InChI is InChI=1S/C17H21NO2/c1-3-13(2)12-19-14-8-10-15(11-9-14)20-17-7-5-4-6-16(17)18/h3,6-11H,4-5,12,18H2,1-2H3/b13-3+. The van der Waals surface area contributed by atoms with E-state index in [0.29, 0.717) is 12.3 Å². The lowest BCUT2D eigenvalue weighted by Gasteiger charge is -2.14. The van der Waals surface area contributed by atoms with Crippen molar-refractivity contribution < 1.29 is 9.47 Å². The summed E-state index contributed by atoms with van der Waals surface area (Å²) in [7, 11) is 0. The smallest absolute Gasteiger partial charge is 0.146 e. The maximum atomic E-state index is 5.89. The van der Waals surface area contributed by atoms with E-state index < -0.39 is 0 Å². The summed E-state index contributed by atoms with van der Waals surface area (Å²) in [6.45, 7) is 4.66. The first-order valence-corrected chi connectivity index (χ1v) is 6.87. The SMILES string of the molecule is C/C=C(\C)COc1ccc(OC2=CCCC=C2N)cc1. The van der Waals surface area contributed by atoms with Crippen LogP contribution in [-0.2, 0) is 0 Å². The first kappa shape index (κ1) is 14.3. The minimum absolute atomic E-state index is 0.609. The highest BCUT2D eigenvalue weighted by atomic mass is 16.5. The molecule has 0 radical (unpaired) electrons. The second-order valence-electron chi connectivity index (χ2n) is 4.80. The lowest BCUT2D eigenvalue weighted by molar-refractivity contribution is 0.350. The molecular weight excluding hydrogens is 250 g/mol. The van der Waals surface area contributed by atoms with Gasteiger partial charge in [-0.2, -0.15) is 0 Å². The molecule has 1 aliphatic rings. The molecule has 0 saturated carbocycles. The second kappa shape index (κ2) is 6.85. The van der Waals surface area contributed by atoms with Crippen molar-refractivity contribution in [2.24, 2.45) is 5.73 Å². The van der Waals surface area contributed by atoms with E-state index in [-0.39, 0.29) is 0 Å². The molecule has 3 heteroatoms. The monoisotopic (exact) mass is 271 g/mol. The lowest BCUT2D eigenvalue weighted by atomic mass is 10.1. The van der Waals surface area contributed by atoms with Crippen molar-refractivity contribution in [3.05, 3.63) is 59.5 Å². The van der Waals surface area contributed by atoms with Gasteiger partial charge in [0.25, 0.3) is 0 Å². The predicted molar refractivity (Wildman–Crippen MR) is 81.6 cm³/mol. The molecule has 2 N–H and O–H groups in total. The van der Waals surface area contributed by atoms with Gasteiger partial charge in [0.05, 0.1) is 5.70 Å². The molecule has 2 rings (SSSR count). The van der Waals surface area contributed by atoms with Gasteiger partial charge in [0.1, 0.15) is 23.9 Å². The average molecular weight is 271 g/mol. The van der Waals surface area contributed by atoms with E-state index in [1.54, 1.807) is 0 Å². The van der Waals surface area contributed by atoms with Crippen LogP contribution in [0.1, 0.15) is 26.7 Å². The molecule has 0 aliphatic heterocycles. The highest BCUT2D eigenvalue weighted by Gasteiger charge is 2.07. The zero-order valence-corrected chi connectivity index (χ0v) is 12.1. The Morgan fingerprint density at radius 2 is 1.80 bits per heavy atom. The Balaban J connectivity index is 1.95. The maximum Gasteiger partial charge on any atom is 0.146 e. The van der Waals surface area contributed by atoms with Crippen LogP contribution in [0.3, 0.4) is 0 Å². The Hall–Kier alpha value is -2.16. The highest BCUT2D eigenvalue weighted by molar-refractivity contribution is 5.36. The van der Waals surface area contributed by atoms with Gasteiger partial charge in [-0.3, -0.25) is 0 Å². The van der Waals surface area contributed by atoms with Gasteiger partial charge in [0, 0.05) is 0 Å². The Morgan fingerprint density at radius 3 is 2.45 bits per heavy atom. The summed E-state index contributed by atoms with van der Waals surface area (Å²) in [4.78, 5) is 0. The van der Waals surface area contributed by atoms with Crippen LogP contribution < -0.4 is 15.2 Å². The molecule has 0 bridgehead atoms. The van der Waals surface area contributed by atoms with E-state index in [9.17, 15) is 0 Å². The molecule has 1 aliphatic carbocycles. The molecule has 0 spiro atoms. The van der Waals surface area contributed by atoms with Crippen LogP contribution in [0.2, 0.25) is 0 Å². The summed E-state index contributed by atoms with van der Waals surface area (Å²) < 4.78 is 11.4. The number of benzene rings is 1. The molecule has 1 aromatic rings. The third-order valence-electron chi connectivity index (χ3n) is 3.16. The number of rotatable bonds is 5. The normalized spacial score (nSPS) is 15.4. The minimum Gasteiger partial charge on any atom is -0.489 e. The molecular formula is C17H21NO2. The van der Waals surface area contributed by atoms with Gasteiger partial charge in [-0.25, -0.2) is 0 Å². The Bertz CT molecular complexity index is 539. The molecule has 106 valence electrons. The third-order valence-corrected chi connectivity index (χ3v) is 3.16. The average Bonchev–Trinajstić information content (AvgIpc) is 2.48. The molecule has 0 aromatic heterocycles. The maximum absolute atomic E-state index is 5.89. The molecule has 3 nitrogen and oxygen atoms in total. The first-order chi connectivity index (χ1) is 9.69. The molecule has 0 atom stereocenters. The zero-order valence-electron chi connectivity index (χ0n) is 12.1. The fraction of sp³-hybridized carbons (Fsp3) is 0.294. The minimum atomic E-state index is 0.609. The Labute approximate surface area is 120 Å². The van der Waals surface area contributed by atoms with Crippen LogP contribution in [0.25, 0.3) is 0 Å². The number of hydrogen-bond donors (Lipinski definition) is 1. The molecule has 20 heavy (non-hydrogen) atoms. The molecule has 0 saturated heterocycles. The van der Waals surface area contributed by atoms with Gasteiger partial charge >= 0.3 is 0 Å². The summed E-state index contributed by atoms with van der Waals surface area (Å²) >= 11 is 0. The largest absolute Gasteiger partial charge is 0.489 e. The molecule has 0 heterocycles. The van der Waals surface area contributed by atoms with E-state index in [1.807, 2.05) is 56.3 Å². The summed E-state index contributed by atoms with van der Waals surface area (Å²) in [5.41, 5.74) is 7.80. The fourth-order valence-electron chi connectivity index (χ4n) is 1.78. The van der Waals surface area contributed by atoms with E-state index in [0.717, 1.165) is 30.1 Å². The van der Waals surface area contributed by atoms with Gasteiger partial charge < -0.3 is 15.2 Å². The van der Waals surface area contributed by atoms with Gasteiger partial charge in [-0.15, -0.1) is 0 Å². The van der Waals surface area contributed by atoms with E-state index >= 15 is 0 Å². The summed E-state index contributed by atoms with van der Waals surface area (Å²) in [5.74, 6) is 2.35. The quantitative estimate of drug-likeness (QED) is 0.825. The van der Waals surface area contributed by atoms with Crippen LogP contribution in [0, 0.1) is 0 Å². The lowest BCUT2D eigenvalue weighted by Crippen LogP contribution is -2.09. The molecule has 1 aromatic carbocycles. The third kappa shape index (κ3) is 3.92. The summed E-state index contributed by atoms with van der Waals surface area (Å²) in [6.07, 6.45) is 8.01. The number of nitrogens with two attached hydrogens (primary N) is 1. The van der Waals surface area contributed by atoms with Crippen LogP contribution in [0.4, 0.5) is 0 Å². The van der Waals surface area contributed by atoms with Crippen LogP contribution in [-0.4, -0.2) is 6.61 Å². The number of allylic oxidation sites excluding steroid dienone is 3. The summed E-state index contributed by atoms with van der Waals surface area (Å²) in [5, 5.41) is 0. The number of hydrogen-bond acceptors (Lipinski definition) is 3. The first-order valence-electron chi connectivity index (χ1n) is 6.87. The van der Waals surface area contributed by atoms with Crippen LogP contribution in [0.5, 0.6) is 11.5 Å². The molecule has 0 fully saturated rings. The second-order valence-corrected chi connectivity index (χ2v) is 4.80. The Kier molecular flexibility index (Phi) is 4.88. The van der Waals surface area contributed by atoms with Crippen molar-refractivity contribution in [1.29, 1.82) is 0 Å². The number of ether oxygens (including phenoxy) is 2. The van der Waals surface area contributed by atoms with Gasteiger partial charge in [-0.1, -0.05) is 12.2 Å². The topological polar surface area (TPSA) is 44.5 Å². The highest BCUT2D eigenvalue weighted by Crippen LogP contribution is 2.23. The van der Waals surface area contributed by atoms with E-state index in [4.69, 9.17) is 15.2 Å². The van der Waals surface area contributed by atoms with Crippen molar-refractivity contribution in [3.8, 4) is 11.5 Å². The van der Waals surface area contributed by atoms with Crippen LogP contribution in [0.15, 0.2) is 59.5 Å². The zero-order chi connectivity index (χ0) is 14.4. The van der Waals surface area contributed by atoms with Crippen molar-refractivity contribution in [2.75, 3.05) is 6.61 Å². The van der Waals surface area contributed by atoms with E-state index in [2.05, 4.69) is 0 Å². The van der Waals surface area contributed by atoms with Crippen LogP contribution >= 0.6 is 0 Å². The van der Waals surface area contributed by atoms with Crippen molar-refractivity contribution in [2.45, 2.75) is 26.7 Å². The predicted octanol–water partition coefficient (Wildman–Crippen LogP) is 3.93. The van der Waals surface area contributed by atoms with Gasteiger partial charge in [-0.05, 0) is 62.6 Å². The van der Waals surface area contributed by atoms with Gasteiger partial charge in [0.15, 0.2) is 0 Å². The van der Waals surface area contributed by atoms with E-state index in [1.165, 1.54) is 5.57 Å². The Morgan fingerprint density at radius 1 is 1.15 bits per heavy atom. The fourth-order valence-corrected chi connectivity index (χ4v) is 1.78.